The lowest BCUT2D eigenvalue weighted by Crippen LogP contribution is -2.26. The van der Waals surface area contributed by atoms with Crippen LogP contribution in [0.2, 0.25) is 0 Å². The SMILES string of the molecule is O=C(NCCO)c1ccc(/C=C/c2ccc([N+](=O)[O-])o2)cc1. The number of furan rings is 1. The summed E-state index contributed by atoms with van der Waals surface area (Å²) in [5.41, 5.74) is 1.30. The van der Waals surface area contributed by atoms with Gasteiger partial charge in [0.1, 0.15) is 10.7 Å². The van der Waals surface area contributed by atoms with Crippen LogP contribution in [-0.2, 0) is 0 Å². The molecule has 0 aliphatic carbocycles. The average molecular weight is 302 g/mol. The maximum atomic E-state index is 11.6. The second-order valence-electron chi connectivity index (χ2n) is 4.37. The Bertz CT molecular complexity index is 688. The van der Waals surface area contributed by atoms with E-state index in [1.165, 1.54) is 12.1 Å². The number of aliphatic hydroxyl groups excluding tert-OH is 1. The molecule has 2 aromatic rings. The van der Waals surface area contributed by atoms with Crippen molar-refractivity contribution in [2.45, 2.75) is 0 Å². The summed E-state index contributed by atoms with van der Waals surface area (Å²) in [7, 11) is 0. The van der Waals surface area contributed by atoms with Crippen LogP contribution in [0.4, 0.5) is 5.88 Å². The molecule has 0 fully saturated rings. The number of carbonyl (C=O) groups excluding carboxylic acids is 1. The van der Waals surface area contributed by atoms with E-state index in [9.17, 15) is 14.9 Å². The molecule has 7 nitrogen and oxygen atoms in total. The summed E-state index contributed by atoms with van der Waals surface area (Å²) in [5.74, 6) is -0.196. The normalized spacial score (nSPS) is 10.8. The topological polar surface area (TPSA) is 106 Å². The minimum atomic E-state index is -0.600. The predicted molar refractivity (Wildman–Crippen MR) is 80.2 cm³/mol. The van der Waals surface area contributed by atoms with Gasteiger partial charge in [0.25, 0.3) is 5.91 Å². The first kappa shape index (κ1) is 15.5. The van der Waals surface area contributed by atoms with Crippen LogP contribution in [0.3, 0.4) is 0 Å². The Balaban J connectivity index is 2.02. The number of benzene rings is 1. The van der Waals surface area contributed by atoms with Crippen molar-refractivity contribution in [2.75, 3.05) is 13.2 Å². The molecule has 1 heterocycles. The molecule has 2 N–H and O–H groups in total. The zero-order valence-electron chi connectivity index (χ0n) is 11.6. The fourth-order valence-electron chi connectivity index (χ4n) is 1.73. The fourth-order valence-corrected chi connectivity index (χ4v) is 1.73. The van der Waals surface area contributed by atoms with Crippen LogP contribution in [0.25, 0.3) is 12.2 Å². The predicted octanol–water partition coefficient (Wildman–Crippen LogP) is 2.08. The fraction of sp³-hybridized carbons (Fsp3) is 0.133. The molecular weight excluding hydrogens is 288 g/mol. The summed E-state index contributed by atoms with van der Waals surface area (Å²) in [6.07, 6.45) is 3.33. The maximum absolute atomic E-state index is 11.6. The van der Waals surface area contributed by atoms with Gasteiger partial charge in [0.2, 0.25) is 0 Å². The van der Waals surface area contributed by atoms with Crippen LogP contribution in [0.1, 0.15) is 21.7 Å². The molecule has 0 atom stereocenters. The van der Waals surface area contributed by atoms with Crippen molar-refractivity contribution in [3.05, 3.63) is 63.4 Å². The number of carbonyl (C=O) groups is 1. The number of rotatable bonds is 6. The standard InChI is InChI=1S/C15H14N2O5/c18-10-9-16-15(19)12-4-1-11(2-5-12)3-6-13-7-8-14(22-13)17(20)21/h1-8,18H,9-10H2,(H,16,19)/b6-3+. The molecule has 0 aliphatic heterocycles. The Morgan fingerprint density at radius 2 is 1.95 bits per heavy atom. The molecule has 0 bridgehead atoms. The largest absolute Gasteiger partial charge is 0.433 e. The Hall–Kier alpha value is -2.93. The Morgan fingerprint density at radius 1 is 1.23 bits per heavy atom. The second-order valence-corrected chi connectivity index (χ2v) is 4.37. The molecule has 0 spiro atoms. The lowest BCUT2D eigenvalue weighted by atomic mass is 10.1. The number of hydrogen-bond acceptors (Lipinski definition) is 5. The molecule has 22 heavy (non-hydrogen) atoms. The molecular formula is C15H14N2O5. The van der Waals surface area contributed by atoms with Crippen molar-refractivity contribution in [2.24, 2.45) is 0 Å². The second kappa shape index (κ2) is 7.19. The average Bonchev–Trinajstić information content (AvgIpc) is 3.00. The highest BCUT2D eigenvalue weighted by molar-refractivity contribution is 5.94. The van der Waals surface area contributed by atoms with Gasteiger partial charge in [-0.3, -0.25) is 14.9 Å². The summed E-state index contributed by atoms with van der Waals surface area (Å²) in [6.45, 7) is 0.0968. The van der Waals surface area contributed by atoms with E-state index in [0.29, 0.717) is 11.3 Å². The molecule has 0 aliphatic rings. The number of nitrogens with one attached hydrogen (secondary N) is 1. The summed E-state index contributed by atoms with van der Waals surface area (Å²) >= 11 is 0. The summed E-state index contributed by atoms with van der Waals surface area (Å²) < 4.78 is 5.00. The van der Waals surface area contributed by atoms with Gasteiger partial charge in [0.05, 0.1) is 12.7 Å². The van der Waals surface area contributed by atoms with Crippen LogP contribution in [0.15, 0.2) is 40.8 Å². The summed E-state index contributed by atoms with van der Waals surface area (Å²) in [6, 6.07) is 9.57. The molecule has 0 saturated carbocycles. The Morgan fingerprint density at radius 3 is 2.55 bits per heavy atom. The number of amides is 1. The number of nitro groups is 1. The van der Waals surface area contributed by atoms with Crippen LogP contribution in [0, 0.1) is 10.1 Å². The number of hydrogen-bond donors (Lipinski definition) is 2. The van der Waals surface area contributed by atoms with E-state index < -0.39 is 4.92 Å². The van der Waals surface area contributed by atoms with Gasteiger partial charge in [-0.1, -0.05) is 18.2 Å². The molecule has 0 saturated heterocycles. The van der Waals surface area contributed by atoms with Crippen LogP contribution < -0.4 is 5.32 Å². The highest BCUT2D eigenvalue weighted by Crippen LogP contribution is 2.18. The van der Waals surface area contributed by atoms with Crippen molar-refractivity contribution in [3.63, 3.8) is 0 Å². The maximum Gasteiger partial charge on any atom is 0.433 e. The zero-order chi connectivity index (χ0) is 15.9. The molecule has 2 rings (SSSR count). The van der Waals surface area contributed by atoms with Crippen LogP contribution in [0.5, 0.6) is 0 Å². The van der Waals surface area contributed by atoms with E-state index in [-0.39, 0.29) is 24.9 Å². The van der Waals surface area contributed by atoms with Crippen molar-refractivity contribution in [1.82, 2.24) is 5.32 Å². The summed E-state index contributed by atoms with van der Waals surface area (Å²) in [5, 5.41) is 21.7. The number of aliphatic hydroxyl groups is 1. The molecule has 1 aromatic heterocycles. The highest BCUT2D eigenvalue weighted by atomic mass is 16.6. The molecule has 114 valence electrons. The van der Waals surface area contributed by atoms with Gasteiger partial charge in [-0.05, 0) is 29.8 Å². The van der Waals surface area contributed by atoms with Gasteiger partial charge in [0, 0.05) is 12.1 Å². The van der Waals surface area contributed by atoms with Gasteiger partial charge in [-0.15, -0.1) is 0 Å². The molecule has 1 aromatic carbocycles. The monoisotopic (exact) mass is 302 g/mol. The van der Waals surface area contributed by atoms with E-state index in [1.807, 2.05) is 0 Å². The smallest absolute Gasteiger partial charge is 0.401 e. The molecule has 0 radical (unpaired) electrons. The van der Waals surface area contributed by atoms with Crippen molar-refractivity contribution < 1.29 is 19.2 Å². The minimum Gasteiger partial charge on any atom is -0.401 e. The van der Waals surface area contributed by atoms with E-state index in [4.69, 9.17) is 9.52 Å². The van der Waals surface area contributed by atoms with Crippen LogP contribution >= 0.6 is 0 Å². The van der Waals surface area contributed by atoms with Crippen molar-refractivity contribution in [3.8, 4) is 0 Å². The van der Waals surface area contributed by atoms with Gasteiger partial charge in [-0.2, -0.15) is 0 Å². The van der Waals surface area contributed by atoms with E-state index in [2.05, 4.69) is 5.32 Å². The van der Waals surface area contributed by atoms with Gasteiger partial charge >= 0.3 is 5.88 Å². The highest BCUT2D eigenvalue weighted by Gasteiger charge is 2.09. The lowest BCUT2D eigenvalue weighted by molar-refractivity contribution is -0.402. The van der Waals surface area contributed by atoms with Gasteiger partial charge < -0.3 is 14.8 Å². The van der Waals surface area contributed by atoms with Gasteiger partial charge in [0.15, 0.2) is 0 Å². The zero-order valence-corrected chi connectivity index (χ0v) is 11.6. The van der Waals surface area contributed by atoms with E-state index >= 15 is 0 Å². The first-order chi connectivity index (χ1) is 10.6. The first-order valence-corrected chi connectivity index (χ1v) is 6.51. The Labute approximate surface area is 126 Å². The third-order valence-electron chi connectivity index (χ3n) is 2.80. The third kappa shape index (κ3) is 4.03. The Kier molecular flexibility index (Phi) is 5.05. The first-order valence-electron chi connectivity index (χ1n) is 6.51. The summed E-state index contributed by atoms with van der Waals surface area (Å²) in [4.78, 5) is 21.5. The quantitative estimate of drug-likeness (QED) is 0.627. The molecule has 1 amide bonds. The molecule has 0 unspecified atom stereocenters. The lowest BCUT2D eigenvalue weighted by Gasteiger charge is -2.03. The third-order valence-corrected chi connectivity index (χ3v) is 2.80. The number of nitrogens with zero attached hydrogens (tertiary/aromatic N) is 1. The van der Waals surface area contributed by atoms with Crippen molar-refractivity contribution >= 4 is 23.9 Å². The van der Waals surface area contributed by atoms with Gasteiger partial charge in [-0.25, -0.2) is 0 Å². The minimum absolute atomic E-state index is 0.109. The van der Waals surface area contributed by atoms with Crippen LogP contribution in [-0.4, -0.2) is 29.1 Å². The van der Waals surface area contributed by atoms with E-state index in [0.717, 1.165) is 5.56 Å². The van der Waals surface area contributed by atoms with E-state index in [1.54, 1.807) is 36.4 Å². The molecule has 7 heteroatoms. The van der Waals surface area contributed by atoms with Crippen molar-refractivity contribution in [1.29, 1.82) is 0 Å².